The second-order valence-corrected chi connectivity index (χ2v) is 3.85. The first-order valence-corrected chi connectivity index (χ1v) is 5.33. The highest BCUT2D eigenvalue weighted by Crippen LogP contribution is 2.33. The highest BCUT2D eigenvalue weighted by Gasteiger charge is 2.14. The average molecular weight is 208 g/mol. The number of benzene rings is 1. The molecule has 1 unspecified atom stereocenters. The Bertz CT molecular complexity index is 332. The predicted octanol–water partition coefficient (Wildman–Crippen LogP) is 1.98. The van der Waals surface area contributed by atoms with Gasteiger partial charge in [0.15, 0.2) is 11.5 Å². The van der Waals surface area contributed by atoms with Gasteiger partial charge in [-0.15, -0.1) is 0 Å². The maximum atomic E-state index is 9.12. The minimum Gasteiger partial charge on any atom is -0.454 e. The van der Waals surface area contributed by atoms with Crippen LogP contribution in [-0.2, 0) is 6.42 Å². The van der Waals surface area contributed by atoms with Crippen molar-refractivity contribution in [3.05, 3.63) is 23.8 Å². The molecule has 1 aliphatic heterocycles. The molecule has 1 N–H and O–H groups in total. The Morgan fingerprint density at radius 3 is 2.87 bits per heavy atom. The summed E-state index contributed by atoms with van der Waals surface area (Å²) >= 11 is 0. The summed E-state index contributed by atoms with van der Waals surface area (Å²) in [6.07, 6.45) is 1.88. The summed E-state index contributed by atoms with van der Waals surface area (Å²) in [6.45, 7) is 2.65. The second-order valence-electron chi connectivity index (χ2n) is 3.85. The zero-order valence-corrected chi connectivity index (χ0v) is 8.90. The van der Waals surface area contributed by atoms with Gasteiger partial charge in [0.25, 0.3) is 0 Å². The zero-order valence-electron chi connectivity index (χ0n) is 8.90. The van der Waals surface area contributed by atoms with E-state index >= 15 is 0 Å². The summed E-state index contributed by atoms with van der Waals surface area (Å²) in [7, 11) is 0. The van der Waals surface area contributed by atoms with E-state index in [9.17, 15) is 0 Å². The molecule has 0 fully saturated rings. The van der Waals surface area contributed by atoms with E-state index in [-0.39, 0.29) is 6.61 Å². The van der Waals surface area contributed by atoms with E-state index in [4.69, 9.17) is 14.6 Å². The molecule has 15 heavy (non-hydrogen) atoms. The highest BCUT2D eigenvalue weighted by molar-refractivity contribution is 5.44. The molecule has 0 spiro atoms. The molecule has 0 aliphatic carbocycles. The van der Waals surface area contributed by atoms with E-state index in [1.54, 1.807) is 0 Å². The summed E-state index contributed by atoms with van der Waals surface area (Å²) in [5, 5.41) is 9.12. The van der Waals surface area contributed by atoms with Crippen molar-refractivity contribution in [2.45, 2.75) is 19.8 Å². The predicted molar refractivity (Wildman–Crippen MR) is 57.1 cm³/mol. The summed E-state index contributed by atoms with van der Waals surface area (Å²) in [6, 6.07) is 5.97. The van der Waals surface area contributed by atoms with Gasteiger partial charge in [0, 0.05) is 6.61 Å². The van der Waals surface area contributed by atoms with Crippen LogP contribution in [0.2, 0.25) is 0 Å². The van der Waals surface area contributed by atoms with Crippen LogP contribution in [0, 0.1) is 5.92 Å². The van der Waals surface area contributed by atoms with Crippen LogP contribution < -0.4 is 9.47 Å². The molecular formula is C12H16O3. The van der Waals surface area contributed by atoms with Crippen LogP contribution in [0.4, 0.5) is 0 Å². The normalized spacial score (nSPS) is 15.3. The van der Waals surface area contributed by atoms with Gasteiger partial charge >= 0.3 is 0 Å². The molecule has 0 saturated heterocycles. The average Bonchev–Trinajstić information content (AvgIpc) is 2.73. The standard InChI is InChI=1S/C12H16O3/c1-2-9(7-13)5-10-3-4-11-12(6-10)15-8-14-11/h3-4,6,9,13H,2,5,7-8H2,1H3. The fourth-order valence-corrected chi connectivity index (χ4v) is 1.74. The third kappa shape index (κ3) is 2.23. The lowest BCUT2D eigenvalue weighted by molar-refractivity contribution is 0.174. The van der Waals surface area contributed by atoms with Gasteiger partial charge in [0.05, 0.1) is 0 Å². The number of aliphatic hydroxyl groups excluding tert-OH is 1. The Labute approximate surface area is 89.6 Å². The van der Waals surface area contributed by atoms with Crippen LogP contribution >= 0.6 is 0 Å². The van der Waals surface area contributed by atoms with Crippen molar-refractivity contribution in [2.24, 2.45) is 5.92 Å². The molecule has 1 aromatic carbocycles. The summed E-state index contributed by atoms with van der Waals surface area (Å²) in [5.41, 5.74) is 1.19. The Morgan fingerprint density at radius 1 is 1.33 bits per heavy atom. The molecule has 82 valence electrons. The minimum atomic E-state index is 0.241. The topological polar surface area (TPSA) is 38.7 Å². The van der Waals surface area contributed by atoms with Crippen molar-refractivity contribution in [2.75, 3.05) is 13.4 Å². The Hall–Kier alpha value is -1.22. The van der Waals surface area contributed by atoms with Crippen LogP contribution in [0.1, 0.15) is 18.9 Å². The quantitative estimate of drug-likeness (QED) is 0.822. The zero-order chi connectivity index (χ0) is 10.7. The fourth-order valence-electron chi connectivity index (χ4n) is 1.74. The van der Waals surface area contributed by atoms with E-state index in [0.29, 0.717) is 12.7 Å². The number of ether oxygens (including phenoxy) is 2. The lowest BCUT2D eigenvalue weighted by Crippen LogP contribution is -2.07. The van der Waals surface area contributed by atoms with Gasteiger partial charge in [-0.2, -0.15) is 0 Å². The van der Waals surface area contributed by atoms with Crippen LogP contribution in [0.5, 0.6) is 11.5 Å². The van der Waals surface area contributed by atoms with Gasteiger partial charge in [0.1, 0.15) is 0 Å². The van der Waals surface area contributed by atoms with Crippen LogP contribution in [0.25, 0.3) is 0 Å². The molecule has 3 nitrogen and oxygen atoms in total. The van der Waals surface area contributed by atoms with Crippen molar-refractivity contribution >= 4 is 0 Å². The maximum Gasteiger partial charge on any atom is 0.231 e. The van der Waals surface area contributed by atoms with E-state index in [0.717, 1.165) is 24.3 Å². The third-order valence-electron chi connectivity index (χ3n) is 2.80. The first-order chi connectivity index (χ1) is 7.33. The summed E-state index contributed by atoms with van der Waals surface area (Å²) in [4.78, 5) is 0. The molecule has 0 radical (unpaired) electrons. The molecule has 0 saturated carbocycles. The van der Waals surface area contributed by atoms with Crippen molar-refractivity contribution in [1.29, 1.82) is 0 Å². The number of fused-ring (bicyclic) bond motifs is 1. The third-order valence-corrected chi connectivity index (χ3v) is 2.80. The Morgan fingerprint density at radius 2 is 2.13 bits per heavy atom. The maximum absolute atomic E-state index is 9.12. The van der Waals surface area contributed by atoms with Crippen molar-refractivity contribution in [3.63, 3.8) is 0 Å². The molecule has 3 heteroatoms. The summed E-state index contributed by atoms with van der Waals surface area (Å²) < 4.78 is 10.5. The number of hydrogen-bond donors (Lipinski definition) is 1. The SMILES string of the molecule is CCC(CO)Cc1ccc2c(c1)OCO2. The van der Waals surface area contributed by atoms with Crippen LogP contribution in [-0.4, -0.2) is 18.5 Å². The molecule has 2 rings (SSSR count). The van der Waals surface area contributed by atoms with E-state index in [1.165, 1.54) is 5.56 Å². The van der Waals surface area contributed by atoms with Gasteiger partial charge in [-0.3, -0.25) is 0 Å². The van der Waals surface area contributed by atoms with E-state index in [1.807, 2.05) is 18.2 Å². The highest BCUT2D eigenvalue weighted by atomic mass is 16.7. The van der Waals surface area contributed by atoms with E-state index < -0.39 is 0 Å². The second kappa shape index (κ2) is 4.53. The Balaban J connectivity index is 2.09. The van der Waals surface area contributed by atoms with Gasteiger partial charge in [0.2, 0.25) is 6.79 Å². The molecule has 0 amide bonds. The molecular weight excluding hydrogens is 192 g/mol. The molecule has 1 aliphatic rings. The summed E-state index contributed by atoms with van der Waals surface area (Å²) in [5.74, 6) is 1.97. The minimum absolute atomic E-state index is 0.241. The monoisotopic (exact) mass is 208 g/mol. The molecule has 1 atom stereocenters. The largest absolute Gasteiger partial charge is 0.454 e. The van der Waals surface area contributed by atoms with Gasteiger partial charge < -0.3 is 14.6 Å². The van der Waals surface area contributed by atoms with Crippen molar-refractivity contribution < 1.29 is 14.6 Å². The molecule has 1 heterocycles. The van der Waals surface area contributed by atoms with Gasteiger partial charge in [-0.25, -0.2) is 0 Å². The van der Waals surface area contributed by atoms with Crippen LogP contribution in [0.3, 0.4) is 0 Å². The van der Waals surface area contributed by atoms with Crippen molar-refractivity contribution in [3.8, 4) is 11.5 Å². The number of hydrogen-bond acceptors (Lipinski definition) is 3. The van der Waals surface area contributed by atoms with Crippen molar-refractivity contribution in [1.82, 2.24) is 0 Å². The lowest BCUT2D eigenvalue weighted by Gasteiger charge is -2.11. The number of aliphatic hydroxyl groups is 1. The lowest BCUT2D eigenvalue weighted by atomic mass is 9.97. The first-order valence-electron chi connectivity index (χ1n) is 5.33. The van der Waals surface area contributed by atoms with Gasteiger partial charge in [-0.05, 0) is 30.0 Å². The number of rotatable bonds is 4. The Kier molecular flexibility index (Phi) is 3.11. The molecule has 0 bridgehead atoms. The first kappa shape index (κ1) is 10.3. The molecule has 0 aromatic heterocycles. The van der Waals surface area contributed by atoms with E-state index in [2.05, 4.69) is 6.92 Å². The van der Waals surface area contributed by atoms with Crippen LogP contribution in [0.15, 0.2) is 18.2 Å². The smallest absolute Gasteiger partial charge is 0.231 e. The molecule has 1 aromatic rings. The fraction of sp³-hybridized carbons (Fsp3) is 0.500. The van der Waals surface area contributed by atoms with Gasteiger partial charge in [-0.1, -0.05) is 19.4 Å².